The molecule has 1 N–H and O–H groups in total. The Bertz CT molecular complexity index is 998. The zero-order chi connectivity index (χ0) is 33.1. The molecule has 7 heteroatoms. The van der Waals surface area contributed by atoms with Gasteiger partial charge in [0.15, 0.2) is 0 Å². The van der Waals surface area contributed by atoms with Gasteiger partial charge in [-0.3, -0.25) is 4.18 Å². The van der Waals surface area contributed by atoms with E-state index in [4.69, 9.17) is 0 Å². The van der Waals surface area contributed by atoms with E-state index in [9.17, 15) is 18.1 Å². The summed E-state index contributed by atoms with van der Waals surface area (Å²) < 4.78 is 34.5. The summed E-state index contributed by atoms with van der Waals surface area (Å²) in [6.45, 7) is 14.8. The van der Waals surface area contributed by atoms with Crippen LogP contribution in [0.25, 0.3) is 0 Å². The van der Waals surface area contributed by atoms with Gasteiger partial charge in [-0.05, 0) is 104 Å². The van der Waals surface area contributed by atoms with Crippen LogP contribution in [0.4, 0.5) is 0 Å². The monoisotopic (exact) mass is 674 g/mol. The Hall–Kier alpha value is 0.570. The topological polar surface area (TPSA) is 86.7 Å². The molecule has 0 unspecified atom stereocenters. The number of allylic oxidation sites excluding steroid dienone is 1. The number of hydrogen-bond donors (Lipinski definition) is 1. The third kappa shape index (κ3) is 12.4. The molecule has 3 fully saturated rings. The molecule has 264 valence electrons. The second-order valence-corrected chi connectivity index (χ2v) is 17.7. The third-order valence-corrected chi connectivity index (χ3v) is 13.5. The minimum Gasteiger partial charge on any atom is -0.726 e. The van der Waals surface area contributed by atoms with Gasteiger partial charge >= 0.3 is 29.6 Å². The van der Waals surface area contributed by atoms with Crippen molar-refractivity contribution in [3.05, 3.63) is 11.6 Å². The van der Waals surface area contributed by atoms with Crippen LogP contribution < -0.4 is 29.6 Å². The number of aliphatic hydroxyl groups is 1. The molecule has 46 heavy (non-hydrogen) atoms. The second-order valence-electron chi connectivity index (χ2n) is 16.6. The molecule has 5 nitrogen and oxygen atoms in total. The van der Waals surface area contributed by atoms with Crippen LogP contribution in [-0.4, -0.2) is 30.8 Å². The van der Waals surface area contributed by atoms with Crippen LogP contribution in [0.2, 0.25) is 0 Å². The zero-order valence-corrected chi connectivity index (χ0v) is 34.0. The van der Waals surface area contributed by atoms with Crippen molar-refractivity contribution in [2.75, 3.05) is 6.61 Å². The normalized spacial score (nSPS) is 32.7. The summed E-state index contributed by atoms with van der Waals surface area (Å²) in [4.78, 5) is 0. The number of unbranched alkanes of at least 4 members (excludes halogenated alkanes) is 9. The molecule has 4 rings (SSSR count). The first kappa shape index (κ1) is 42.7. The molecule has 0 aromatic heterocycles. The van der Waals surface area contributed by atoms with Crippen LogP contribution in [0.15, 0.2) is 11.6 Å². The fourth-order valence-electron chi connectivity index (χ4n) is 10.4. The van der Waals surface area contributed by atoms with Crippen molar-refractivity contribution in [3.63, 3.8) is 0 Å². The molecular weight excluding hydrogens is 603 g/mol. The van der Waals surface area contributed by atoms with E-state index in [1.807, 2.05) is 0 Å². The molecule has 0 aromatic carbocycles. The van der Waals surface area contributed by atoms with Crippen molar-refractivity contribution < 1.29 is 51.8 Å². The second kappa shape index (κ2) is 20.4. The molecule has 4 aliphatic rings. The Morgan fingerprint density at radius 2 is 1.50 bits per heavy atom. The van der Waals surface area contributed by atoms with Gasteiger partial charge in [-0.25, -0.2) is 8.42 Å². The Balaban J connectivity index is 0.000000356. The van der Waals surface area contributed by atoms with Gasteiger partial charge in [0, 0.05) is 0 Å². The molecule has 3 saturated carbocycles. The van der Waals surface area contributed by atoms with Gasteiger partial charge in [-0.15, -0.1) is 0 Å². The molecule has 0 bridgehead atoms. The van der Waals surface area contributed by atoms with E-state index in [1.165, 1.54) is 103 Å². The summed E-state index contributed by atoms with van der Waals surface area (Å²) in [6, 6.07) is 0. The van der Waals surface area contributed by atoms with Gasteiger partial charge in [0.05, 0.1) is 12.7 Å². The maximum atomic E-state index is 10.2. The van der Waals surface area contributed by atoms with Crippen molar-refractivity contribution in [2.24, 2.45) is 46.3 Å². The van der Waals surface area contributed by atoms with E-state index in [0.717, 1.165) is 61.2 Å². The summed E-state index contributed by atoms with van der Waals surface area (Å²) in [5.41, 5.74) is 2.60. The molecule has 0 radical (unpaired) electrons. The summed E-state index contributed by atoms with van der Waals surface area (Å²) in [5, 5.41) is 10.2. The summed E-state index contributed by atoms with van der Waals surface area (Å²) in [5.74, 6) is 5.46. The van der Waals surface area contributed by atoms with Crippen molar-refractivity contribution in [1.29, 1.82) is 0 Å². The van der Waals surface area contributed by atoms with Crippen molar-refractivity contribution in [3.8, 4) is 0 Å². The summed E-state index contributed by atoms with van der Waals surface area (Å²) in [7, 11) is -4.48. The maximum Gasteiger partial charge on any atom is 1.00 e. The van der Waals surface area contributed by atoms with E-state index in [0.29, 0.717) is 17.3 Å². The van der Waals surface area contributed by atoms with Gasteiger partial charge in [0.1, 0.15) is 0 Å². The number of fused-ring (bicyclic) bond motifs is 5. The first-order valence-electron chi connectivity index (χ1n) is 19.3. The first-order valence-corrected chi connectivity index (χ1v) is 20.6. The number of aliphatic hydroxyl groups excluding tert-OH is 1. The molecule has 0 amide bonds. The minimum atomic E-state index is -4.48. The Kier molecular flexibility index (Phi) is 19.0. The average Bonchev–Trinajstić information content (AvgIpc) is 3.33. The molecule has 8 atom stereocenters. The van der Waals surface area contributed by atoms with Crippen LogP contribution in [-0.2, 0) is 14.6 Å². The fraction of sp³-hybridized carbons (Fsp3) is 0.949. The van der Waals surface area contributed by atoms with Gasteiger partial charge < -0.3 is 9.66 Å². The number of rotatable bonds is 17. The molecule has 0 saturated heterocycles. The van der Waals surface area contributed by atoms with E-state index in [2.05, 4.69) is 51.8 Å². The van der Waals surface area contributed by atoms with E-state index in [1.54, 1.807) is 5.57 Å². The van der Waals surface area contributed by atoms with Gasteiger partial charge in [-0.1, -0.05) is 130 Å². The SMILES string of the molecule is CC(C)CCC[C@@H](C)[C@H]1CC[C@H]2[C@@H]3CC=C4C[C@@H](O)CC[C@]4(C)[C@H]3CC[C@]12C.CCCCCCCCCCCCOS(=O)(=O)[O-].[Na+]. The van der Waals surface area contributed by atoms with Crippen LogP contribution in [0.5, 0.6) is 0 Å². The molecule has 0 aliphatic heterocycles. The van der Waals surface area contributed by atoms with Crippen LogP contribution in [0, 0.1) is 46.3 Å². The van der Waals surface area contributed by atoms with Crippen molar-refractivity contribution >= 4 is 10.4 Å². The number of hydrogen-bond acceptors (Lipinski definition) is 5. The quantitative estimate of drug-likeness (QED) is 0.0560. The van der Waals surface area contributed by atoms with Gasteiger partial charge in [0.25, 0.3) is 0 Å². The van der Waals surface area contributed by atoms with Crippen molar-refractivity contribution in [2.45, 2.75) is 182 Å². The van der Waals surface area contributed by atoms with Crippen LogP contribution in [0.3, 0.4) is 0 Å². The standard InChI is InChI=1S/C27H46O.C12H26O4S.Na/c1-18(2)7-6-8-19(3)23-11-12-24-22-10-9-20-17-21(28)13-15-26(20,4)25(22)14-16-27(23,24)5;1-2-3-4-5-6-7-8-9-10-11-12-16-17(13,14)15;/h9,18-19,21-25,28H,6-8,10-17H2,1-5H3;2-12H2,1H3,(H,13,14,15);/q;;+1/p-1/t19-,21+,22+,23-,24+,25+,26+,27-;;/m1../s1. The predicted octanol–water partition coefficient (Wildman–Crippen LogP) is 7.78. The smallest absolute Gasteiger partial charge is 0.726 e. The predicted molar refractivity (Wildman–Crippen MR) is 187 cm³/mol. The Morgan fingerprint density at radius 1 is 0.870 bits per heavy atom. The van der Waals surface area contributed by atoms with Crippen LogP contribution in [0.1, 0.15) is 176 Å². The molecule has 0 heterocycles. The van der Waals surface area contributed by atoms with Crippen LogP contribution >= 0.6 is 0 Å². The Morgan fingerprint density at radius 3 is 2.11 bits per heavy atom. The maximum absolute atomic E-state index is 10.2. The van der Waals surface area contributed by atoms with Crippen molar-refractivity contribution in [1.82, 2.24) is 0 Å². The van der Waals surface area contributed by atoms with E-state index < -0.39 is 10.4 Å². The largest absolute Gasteiger partial charge is 1.00 e. The summed E-state index contributed by atoms with van der Waals surface area (Å²) in [6.07, 6.45) is 28.9. The van der Waals surface area contributed by atoms with Gasteiger partial charge in [-0.2, -0.15) is 0 Å². The van der Waals surface area contributed by atoms with E-state index >= 15 is 0 Å². The molecule has 0 aromatic rings. The third-order valence-electron chi connectivity index (χ3n) is 13.0. The first-order chi connectivity index (χ1) is 21.3. The average molecular weight is 675 g/mol. The fourth-order valence-corrected chi connectivity index (χ4v) is 10.7. The summed E-state index contributed by atoms with van der Waals surface area (Å²) >= 11 is 0. The molecule has 4 aliphatic carbocycles. The zero-order valence-electron chi connectivity index (χ0n) is 31.2. The van der Waals surface area contributed by atoms with E-state index in [-0.39, 0.29) is 42.3 Å². The van der Waals surface area contributed by atoms with Gasteiger partial charge in [0.2, 0.25) is 10.4 Å². The molecular formula is C39H71NaO5S. The minimum absolute atomic E-state index is 0. The Labute approximate surface area is 307 Å². The molecule has 0 spiro atoms.